The molecule has 0 spiro atoms. The van der Waals surface area contributed by atoms with Crippen molar-refractivity contribution in [2.45, 2.75) is 97.9 Å². The number of aliphatic hydroxyl groups is 1. The number of hydrogen-bond donors (Lipinski definition) is 2. The second kappa shape index (κ2) is 17.4. The van der Waals surface area contributed by atoms with E-state index in [-0.39, 0.29) is 40.4 Å². The van der Waals surface area contributed by atoms with Crippen molar-refractivity contribution in [1.29, 1.82) is 0 Å². The third kappa shape index (κ3) is 9.68. The topological polar surface area (TPSA) is 105 Å². The van der Waals surface area contributed by atoms with Crippen LogP contribution in [0, 0.1) is 11.8 Å². The standard InChI is InChI=1S/C31H38Cl3NO8S.CH4.B/c1-4-21-17(2)24(36)18(3)27(40-21)43-26-23(35-30(37)39-16-31(32,33)34)29(44-20-13-9-6-10-14-20)41-22-15-38-28(42-25(22)26)19-11-7-5-8-12-19;;/h5-14,17-18,21-29,36H,4,15-16H2,1-3H3,(H,35,37);1H4;/t17-,18?,21?,22?,23?,24+,25+,26-,27+,28?,29+;;/m1../s1. The van der Waals surface area contributed by atoms with E-state index >= 15 is 0 Å². The maximum atomic E-state index is 13.1. The molecule has 11 atom stereocenters. The van der Waals surface area contributed by atoms with Crippen molar-refractivity contribution in [3.05, 3.63) is 66.2 Å². The van der Waals surface area contributed by atoms with Crippen molar-refractivity contribution < 1.29 is 38.3 Å². The highest BCUT2D eigenvalue weighted by molar-refractivity contribution is 7.99. The molecule has 3 aliphatic heterocycles. The van der Waals surface area contributed by atoms with Crippen LogP contribution in [0.25, 0.3) is 0 Å². The fourth-order valence-corrected chi connectivity index (χ4v) is 7.10. The van der Waals surface area contributed by atoms with Crippen LogP contribution in [0.1, 0.15) is 46.5 Å². The van der Waals surface area contributed by atoms with Gasteiger partial charge in [0.2, 0.25) is 3.79 Å². The number of thioether (sulfide) groups is 1. The number of halogens is 3. The van der Waals surface area contributed by atoms with Gasteiger partial charge in [0, 0.05) is 30.7 Å². The molecule has 3 aliphatic rings. The van der Waals surface area contributed by atoms with Crippen molar-refractivity contribution >= 4 is 61.1 Å². The van der Waals surface area contributed by atoms with E-state index in [1.165, 1.54) is 11.8 Å². The summed E-state index contributed by atoms with van der Waals surface area (Å²) in [4.78, 5) is 14.0. The van der Waals surface area contributed by atoms with Gasteiger partial charge in [0.05, 0.1) is 24.9 Å². The summed E-state index contributed by atoms with van der Waals surface area (Å²) in [6.45, 7) is 5.63. The van der Waals surface area contributed by atoms with Crippen LogP contribution < -0.4 is 5.32 Å². The van der Waals surface area contributed by atoms with E-state index in [9.17, 15) is 9.90 Å². The molecule has 9 nitrogen and oxygen atoms in total. The number of alkyl carbamates (subject to hydrolysis) is 1. The molecule has 14 heteroatoms. The number of ether oxygens (including phenoxy) is 6. The lowest BCUT2D eigenvalue weighted by molar-refractivity contribution is -0.345. The monoisotopic (exact) mass is 716 g/mol. The number of carbonyl (C=O) groups is 1. The fraction of sp³-hybridized carbons (Fsp3) is 0.594. The number of alkyl halides is 3. The van der Waals surface area contributed by atoms with E-state index in [2.05, 4.69) is 5.32 Å². The number of nitrogens with one attached hydrogen (secondary N) is 1. The maximum absolute atomic E-state index is 13.1. The Bertz CT molecular complexity index is 1220. The molecule has 2 aromatic carbocycles. The Hall–Kier alpha value is -1.25. The molecule has 2 aromatic rings. The highest BCUT2D eigenvalue weighted by Gasteiger charge is 2.54. The quantitative estimate of drug-likeness (QED) is 0.234. The van der Waals surface area contributed by atoms with Crippen LogP contribution in [-0.4, -0.2) is 84.9 Å². The zero-order valence-electron chi connectivity index (χ0n) is 25.2. The molecular formula is C32H42BCl3NO8S. The molecule has 5 unspecified atom stereocenters. The minimum Gasteiger partial charge on any atom is -0.445 e. The maximum Gasteiger partial charge on any atom is 0.407 e. The Labute approximate surface area is 292 Å². The fourth-order valence-electron chi connectivity index (χ4n) is 5.78. The molecule has 1 amide bonds. The summed E-state index contributed by atoms with van der Waals surface area (Å²) in [6.07, 6.45) is -4.52. The van der Waals surface area contributed by atoms with Crippen LogP contribution in [0.5, 0.6) is 0 Å². The molecule has 3 radical (unpaired) electrons. The van der Waals surface area contributed by atoms with Gasteiger partial charge < -0.3 is 38.8 Å². The Balaban J connectivity index is 0.00000288. The normalized spacial score (nSPS) is 34.3. The van der Waals surface area contributed by atoms with E-state index in [1.807, 2.05) is 81.4 Å². The molecule has 0 bridgehead atoms. The number of fused-ring (bicyclic) bond motifs is 1. The average molecular weight is 718 g/mol. The van der Waals surface area contributed by atoms with Gasteiger partial charge in [0.25, 0.3) is 0 Å². The largest absolute Gasteiger partial charge is 0.445 e. The second-order valence-electron chi connectivity index (χ2n) is 11.3. The van der Waals surface area contributed by atoms with Crippen LogP contribution in [0.3, 0.4) is 0 Å². The van der Waals surface area contributed by atoms with Gasteiger partial charge in [-0.2, -0.15) is 0 Å². The third-order valence-corrected chi connectivity index (χ3v) is 9.66. The van der Waals surface area contributed by atoms with Crippen molar-refractivity contribution in [3.63, 3.8) is 0 Å². The van der Waals surface area contributed by atoms with Gasteiger partial charge in [-0.25, -0.2) is 4.79 Å². The smallest absolute Gasteiger partial charge is 0.407 e. The predicted octanol–water partition coefficient (Wildman–Crippen LogP) is 6.49. The van der Waals surface area contributed by atoms with Crippen LogP contribution in [0.2, 0.25) is 0 Å². The van der Waals surface area contributed by atoms with Gasteiger partial charge in [0.15, 0.2) is 12.6 Å². The molecule has 0 aliphatic carbocycles. The van der Waals surface area contributed by atoms with Crippen molar-refractivity contribution in [2.75, 3.05) is 13.2 Å². The summed E-state index contributed by atoms with van der Waals surface area (Å²) in [5, 5.41) is 14.0. The second-order valence-corrected chi connectivity index (χ2v) is 15.0. The molecule has 5 rings (SSSR count). The van der Waals surface area contributed by atoms with Crippen molar-refractivity contribution in [1.82, 2.24) is 5.32 Å². The molecule has 3 heterocycles. The molecule has 253 valence electrons. The summed E-state index contributed by atoms with van der Waals surface area (Å²) in [6, 6.07) is 18.4. The van der Waals surface area contributed by atoms with E-state index < -0.39 is 65.0 Å². The first-order valence-corrected chi connectivity index (χ1v) is 16.7. The van der Waals surface area contributed by atoms with E-state index in [1.54, 1.807) is 0 Å². The van der Waals surface area contributed by atoms with Crippen LogP contribution >= 0.6 is 46.6 Å². The summed E-state index contributed by atoms with van der Waals surface area (Å²) >= 11 is 18.9. The number of benzene rings is 2. The zero-order chi connectivity index (χ0) is 31.4. The minimum absolute atomic E-state index is 0. The van der Waals surface area contributed by atoms with Gasteiger partial charge >= 0.3 is 6.09 Å². The van der Waals surface area contributed by atoms with E-state index in [0.29, 0.717) is 6.42 Å². The highest BCUT2D eigenvalue weighted by atomic mass is 35.6. The van der Waals surface area contributed by atoms with Gasteiger partial charge in [-0.15, -0.1) is 0 Å². The van der Waals surface area contributed by atoms with Gasteiger partial charge in [-0.1, -0.05) is 123 Å². The van der Waals surface area contributed by atoms with Gasteiger partial charge in [0.1, 0.15) is 30.4 Å². The number of rotatable bonds is 8. The lowest BCUT2D eigenvalue weighted by Crippen LogP contribution is -2.67. The molecule has 2 N–H and O–H groups in total. The molecule has 3 fully saturated rings. The summed E-state index contributed by atoms with van der Waals surface area (Å²) in [5.74, 6) is -0.442. The number of carbonyl (C=O) groups excluding carboxylic acids is 1. The predicted molar refractivity (Wildman–Crippen MR) is 180 cm³/mol. The lowest BCUT2D eigenvalue weighted by Gasteiger charge is -2.51. The van der Waals surface area contributed by atoms with E-state index in [4.69, 9.17) is 63.2 Å². The number of amides is 1. The first-order valence-electron chi connectivity index (χ1n) is 14.7. The van der Waals surface area contributed by atoms with Crippen LogP contribution in [0.15, 0.2) is 65.6 Å². The van der Waals surface area contributed by atoms with Crippen molar-refractivity contribution in [2.24, 2.45) is 11.8 Å². The number of hydrogen-bond acceptors (Lipinski definition) is 9. The van der Waals surface area contributed by atoms with Crippen LogP contribution in [-0.2, 0) is 28.4 Å². The van der Waals surface area contributed by atoms with Crippen LogP contribution in [0.4, 0.5) is 4.79 Å². The molecular weight excluding hydrogens is 676 g/mol. The van der Waals surface area contributed by atoms with Gasteiger partial charge in [-0.3, -0.25) is 0 Å². The number of aliphatic hydroxyl groups excluding tert-OH is 1. The first kappa shape index (κ1) is 39.2. The Kier molecular flexibility index (Phi) is 14.8. The van der Waals surface area contributed by atoms with Gasteiger partial charge in [-0.05, 0) is 18.6 Å². The first-order chi connectivity index (χ1) is 21.0. The molecule has 0 aromatic heterocycles. The minimum atomic E-state index is -1.79. The molecule has 0 saturated carbocycles. The molecule has 3 saturated heterocycles. The molecule has 46 heavy (non-hydrogen) atoms. The SMILES string of the molecule is C.CCC1O[C@@H](O[C@@H]2C(NC(=O)OCC(Cl)(Cl)Cl)[C@H](Sc3ccccc3)OC3COC(c4ccccc4)O[C@@H]32)C(C)[C@@H](O)[C@@H]1C.[B]. The lowest BCUT2D eigenvalue weighted by atomic mass is 9.84. The van der Waals surface area contributed by atoms with E-state index in [0.717, 1.165) is 10.5 Å². The summed E-state index contributed by atoms with van der Waals surface area (Å²) < 4.78 is 35.9. The van der Waals surface area contributed by atoms with Crippen molar-refractivity contribution in [3.8, 4) is 0 Å². The zero-order valence-corrected chi connectivity index (χ0v) is 28.3. The Morgan fingerprint density at radius 1 is 1.02 bits per heavy atom. The third-order valence-electron chi connectivity index (χ3n) is 8.15. The Morgan fingerprint density at radius 3 is 2.30 bits per heavy atom. The average Bonchev–Trinajstić information content (AvgIpc) is 3.02. The Morgan fingerprint density at radius 2 is 1.67 bits per heavy atom. The highest BCUT2D eigenvalue weighted by Crippen LogP contribution is 2.42. The summed E-state index contributed by atoms with van der Waals surface area (Å²) in [5.41, 5.74) is 0.170. The summed E-state index contributed by atoms with van der Waals surface area (Å²) in [7, 11) is 0.